The van der Waals surface area contributed by atoms with Gasteiger partial charge in [-0.1, -0.05) is 6.07 Å². The number of carbonyl (C=O) groups excluding carboxylic acids is 2. The molecule has 3 fully saturated rings. The van der Waals surface area contributed by atoms with Gasteiger partial charge in [0.2, 0.25) is 5.91 Å². The van der Waals surface area contributed by atoms with Crippen molar-refractivity contribution in [3.05, 3.63) is 35.4 Å². The zero-order chi connectivity index (χ0) is 23.0. The lowest BCUT2D eigenvalue weighted by atomic mass is 9.48. The molecular weight excluding hydrogens is 460 g/mol. The number of nitrogens with zero attached hydrogens (tertiary/aromatic N) is 1. The van der Waals surface area contributed by atoms with Crippen LogP contribution in [0.25, 0.3) is 0 Å². The average Bonchev–Trinajstić information content (AvgIpc) is 3.54. The Bertz CT molecular complexity index is 1060. The molecule has 9 heteroatoms. The van der Waals surface area contributed by atoms with Gasteiger partial charge in [-0.3, -0.25) is 9.69 Å². The zero-order valence-corrected chi connectivity index (χ0v) is 20.0. The quantitative estimate of drug-likeness (QED) is 0.425. The predicted octanol–water partition coefficient (Wildman–Crippen LogP) is 1.59. The molecule has 6 rings (SSSR count). The molecule has 0 aromatic heterocycles. The third-order valence-electron chi connectivity index (χ3n) is 8.66. The highest BCUT2D eigenvalue weighted by Crippen LogP contribution is 2.65. The standard InChI is InChI=1S/C25H30N2O6.ClH/c1-32-20(30)7-6-19(29)26-16-8-9-25(31)18-12-15-4-5-17(28)22-21(15)24(25,23(16)33-22)10-11-27(18)13-14-2-3-14;/h4-7,14,16,18,23,28,31H,2-3,8-13H2,1H3,(H,26,29);1H/b7-6+;/t16?,18-,23?,24-,25+;/m1./s1. The van der Waals surface area contributed by atoms with Crippen LogP contribution in [0.15, 0.2) is 24.3 Å². The van der Waals surface area contributed by atoms with Gasteiger partial charge in [-0.2, -0.15) is 0 Å². The van der Waals surface area contributed by atoms with Crippen molar-refractivity contribution in [3.63, 3.8) is 0 Å². The number of methoxy groups -OCH3 is 1. The minimum atomic E-state index is -0.986. The highest BCUT2D eigenvalue weighted by atomic mass is 35.5. The summed E-state index contributed by atoms with van der Waals surface area (Å²) in [5.41, 5.74) is 0.390. The SMILES string of the molecule is COC(=O)/C=C/C(=O)NC1CC[C@]2(O)[C@H]3Cc4ccc(O)c5c4[C@]2(CCN3CC2CC2)C1O5.Cl. The van der Waals surface area contributed by atoms with Crippen LogP contribution in [0, 0.1) is 5.92 Å². The van der Waals surface area contributed by atoms with Gasteiger partial charge in [0.15, 0.2) is 11.5 Å². The second-order valence-corrected chi connectivity index (χ2v) is 10.3. The Hall–Kier alpha value is -2.29. The number of phenols is 1. The fraction of sp³-hybridized carbons (Fsp3) is 0.600. The van der Waals surface area contributed by atoms with Crippen molar-refractivity contribution < 1.29 is 29.3 Å². The Morgan fingerprint density at radius 1 is 1.26 bits per heavy atom. The van der Waals surface area contributed by atoms with Crippen LogP contribution in [0.1, 0.15) is 43.2 Å². The molecule has 2 unspecified atom stereocenters. The lowest BCUT2D eigenvalue weighted by Gasteiger charge is -2.64. The summed E-state index contributed by atoms with van der Waals surface area (Å²) in [5, 5.41) is 26.0. The molecule has 0 radical (unpaired) electrons. The first kappa shape index (κ1) is 23.5. The molecule has 34 heavy (non-hydrogen) atoms. The normalized spacial score (nSPS) is 35.2. The van der Waals surface area contributed by atoms with E-state index in [1.54, 1.807) is 6.07 Å². The molecule has 2 aliphatic heterocycles. The molecule has 8 nitrogen and oxygen atoms in total. The number of nitrogens with one attached hydrogen (secondary N) is 1. The number of ether oxygens (including phenoxy) is 2. The lowest BCUT2D eigenvalue weighted by Crippen LogP contribution is -2.78. The Labute approximate surface area is 204 Å². The number of hydrogen-bond donors (Lipinski definition) is 3. The van der Waals surface area contributed by atoms with E-state index in [9.17, 15) is 19.8 Å². The maximum Gasteiger partial charge on any atom is 0.330 e. The minimum absolute atomic E-state index is 0. The molecule has 2 bridgehead atoms. The zero-order valence-electron chi connectivity index (χ0n) is 19.2. The first-order valence-corrected chi connectivity index (χ1v) is 11.9. The van der Waals surface area contributed by atoms with Crippen LogP contribution < -0.4 is 10.1 Å². The van der Waals surface area contributed by atoms with Gasteiger partial charge in [-0.15, -0.1) is 12.4 Å². The van der Waals surface area contributed by atoms with Crippen molar-refractivity contribution in [2.75, 3.05) is 20.2 Å². The largest absolute Gasteiger partial charge is 0.504 e. The Morgan fingerprint density at radius 2 is 2.06 bits per heavy atom. The predicted molar refractivity (Wildman–Crippen MR) is 125 cm³/mol. The fourth-order valence-electron chi connectivity index (χ4n) is 7.07. The second kappa shape index (κ2) is 8.14. The maximum atomic E-state index is 12.6. The van der Waals surface area contributed by atoms with Crippen LogP contribution in [0.4, 0.5) is 0 Å². The molecule has 2 saturated carbocycles. The second-order valence-electron chi connectivity index (χ2n) is 10.3. The average molecular weight is 491 g/mol. The molecule has 1 aromatic carbocycles. The van der Waals surface area contributed by atoms with E-state index in [1.807, 2.05) is 6.07 Å². The molecule has 5 atom stereocenters. The summed E-state index contributed by atoms with van der Waals surface area (Å²) < 4.78 is 11.0. The van der Waals surface area contributed by atoms with Crippen molar-refractivity contribution in [1.29, 1.82) is 0 Å². The van der Waals surface area contributed by atoms with Gasteiger partial charge in [0.1, 0.15) is 6.10 Å². The Kier molecular flexibility index (Phi) is 5.61. The lowest BCUT2D eigenvalue weighted by molar-refractivity contribution is -0.192. The number of halogens is 1. The van der Waals surface area contributed by atoms with Crippen molar-refractivity contribution in [2.45, 2.75) is 67.7 Å². The van der Waals surface area contributed by atoms with Crippen LogP contribution in [-0.4, -0.2) is 71.0 Å². The highest BCUT2D eigenvalue weighted by molar-refractivity contribution is 5.94. The van der Waals surface area contributed by atoms with Crippen LogP contribution in [0.2, 0.25) is 0 Å². The van der Waals surface area contributed by atoms with E-state index in [1.165, 1.54) is 20.0 Å². The fourth-order valence-corrected chi connectivity index (χ4v) is 7.07. The smallest absolute Gasteiger partial charge is 0.330 e. The van der Waals surface area contributed by atoms with Crippen LogP contribution in [0.5, 0.6) is 11.5 Å². The van der Waals surface area contributed by atoms with E-state index in [0.717, 1.165) is 48.7 Å². The highest BCUT2D eigenvalue weighted by Gasteiger charge is 2.73. The number of esters is 1. The van der Waals surface area contributed by atoms with E-state index >= 15 is 0 Å². The van der Waals surface area contributed by atoms with Gasteiger partial charge < -0.3 is 25.0 Å². The van der Waals surface area contributed by atoms with Gasteiger partial charge >= 0.3 is 5.97 Å². The third-order valence-corrected chi connectivity index (χ3v) is 8.66. The number of aromatic hydroxyl groups is 1. The van der Waals surface area contributed by atoms with Gasteiger partial charge in [0.25, 0.3) is 0 Å². The van der Waals surface area contributed by atoms with E-state index in [2.05, 4.69) is 15.0 Å². The molecule has 1 spiro atoms. The van der Waals surface area contributed by atoms with Crippen LogP contribution >= 0.6 is 12.4 Å². The summed E-state index contributed by atoms with van der Waals surface area (Å²) in [6.45, 7) is 1.88. The minimum Gasteiger partial charge on any atom is -0.504 e. The first-order chi connectivity index (χ1) is 15.9. The van der Waals surface area contributed by atoms with Crippen LogP contribution in [0.3, 0.4) is 0 Å². The van der Waals surface area contributed by atoms with Crippen molar-refractivity contribution in [3.8, 4) is 11.5 Å². The van der Waals surface area contributed by atoms with Gasteiger partial charge in [0.05, 0.1) is 24.2 Å². The van der Waals surface area contributed by atoms with Crippen molar-refractivity contribution >= 4 is 24.3 Å². The third kappa shape index (κ3) is 3.18. The molecule has 2 heterocycles. The number of phenolic OH excluding ortho intramolecular Hbond substituents is 1. The molecule has 1 amide bonds. The van der Waals surface area contributed by atoms with E-state index in [4.69, 9.17) is 4.74 Å². The number of hydrogen-bond acceptors (Lipinski definition) is 7. The summed E-state index contributed by atoms with van der Waals surface area (Å²) >= 11 is 0. The molecule has 3 N–H and O–H groups in total. The number of aliphatic hydroxyl groups is 1. The molecule has 1 saturated heterocycles. The van der Waals surface area contributed by atoms with Crippen molar-refractivity contribution in [2.24, 2.45) is 5.92 Å². The monoisotopic (exact) mass is 490 g/mol. The van der Waals surface area contributed by atoms with E-state index < -0.39 is 29.0 Å². The Morgan fingerprint density at radius 3 is 2.79 bits per heavy atom. The Balaban J connectivity index is 0.00000241. The number of carbonyl (C=O) groups is 2. The summed E-state index contributed by atoms with van der Waals surface area (Å²) in [6.07, 6.45) is 6.84. The number of rotatable bonds is 5. The molecule has 3 aliphatic carbocycles. The number of likely N-dealkylation sites (tertiary alicyclic amines) is 1. The van der Waals surface area contributed by atoms with Gasteiger partial charge in [-0.25, -0.2) is 4.79 Å². The molecular formula is C25H31ClN2O6. The molecule has 5 aliphatic rings. The van der Waals surface area contributed by atoms with E-state index in [-0.39, 0.29) is 30.2 Å². The first-order valence-electron chi connectivity index (χ1n) is 11.9. The number of piperidine rings is 1. The van der Waals surface area contributed by atoms with Crippen LogP contribution in [-0.2, 0) is 26.2 Å². The molecule has 1 aromatic rings. The van der Waals surface area contributed by atoms with Gasteiger partial charge in [-0.05, 0) is 62.6 Å². The molecule has 184 valence electrons. The topological polar surface area (TPSA) is 108 Å². The number of benzene rings is 1. The van der Waals surface area contributed by atoms with Crippen molar-refractivity contribution in [1.82, 2.24) is 10.2 Å². The summed E-state index contributed by atoms with van der Waals surface area (Å²) in [4.78, 5) is 26.4. The van der Waals surface area contributed by atoms with Gasteiger partial charge in [0, 0.05) is 30.3 Å². The summed E-state index contributed by atoms with van der Waals surface area (Å²) in [7, 11) is 1.26. The summed E-state index contributed by atoms with van der Waals surface area (Å²) in [6, 6.07) is 3.29. The van der Waals surface area contributed by atoms with E-state index in [0.29, 0.717) is 25.0 Å². The summed E-state index contributed by atoms with van der Waals surface area (Å²) in [5.74, 6) is 0.256. The number of amides is 1. The maximum absolute atomic E-state index is 12.6.